The van der Waals surface area contributed by atoms with E-state index < -0.39 is 11.8 Å². The van der Waals surface area contributed by atoms with Gasteiger partial charge < -0.3 is 9.84 Å². The first-order valence-electron chi connectivity index (χ1n) is 9.80. The minimum Gasteiger partial charge on any atom is -0.490 e. The van der Waals surface area contributed by atoms with Crippen molar-refractivity contribution in [2.75, 3.05) is 13.1 Å². The van der Waals surface area contributed by atoms with E-state index in [9.17, 15) is 14.3 Å². The molecular formula is C22H22Cl2FNO3. The van der Waals surface area contributed by atoms with Crippen LogP contribution in [0.1, 0.15) is 53.1 Å². The Morgan fingerprint density at radius 1 is 1.07 bits per heavy atom. The van der Waals surface area contributed by atoms with Crippen molar-refractivity contribution < 1.29 is 19.0 Å². The number of aromatic carboxylic acids is 1. The maximum Gasteiger partial charge on any atom is 0.338 e. The smallest absolute Gasteiger partial charge is 0.338 e. The Balaban J connectivity index is 1.39. The van der Waals surface area contributed by atoms with Crippen LogP contribution in [0.15, 0.2) is 30.3 Å². The molecule has 0 unspecified atom stereocenters. The molecule has 1 N–H and O–H groups in total. The van der Waals surface area contributed by atoms with Crippen molar-refractivity contribution in [2.45, 2.75) is 44.2 Å². The molecule has 0 bridgehead atoms. The fourth-order valence-corrected chi connectivity index (χ4v) is 4.43. The zero-order chi connectivity index (χ0) is 20.5. The summed E-state index contributed by atoms with van der Waals surface area (Å²) in [5.41, 5.74) is 1.65. The van der Waals surface area contributed by atoms with Crippen LogP contribution < -0.4 is 4.74 Å². The van der Waals surface area contributed by atoms with Crippen LogP contribution in [0, 0.1) is 5.82 Å². The standard InChI is InChI=1S/C22H22Cl2FNO3/c23-15-8-16(24)10-18(9-15)29-17-3-5-26(6-4-17)12-14-7-21(25)20(22(27)28)11-19(14)13-1-2-13/h7-11,13,17H,1-6,12H2,(H,27,28). The Morgan fingerprint density at radius 2 is 1.72 bits per heavy atom. The Labute approximate surface area is 179 Å². The van der Waals surface area contributed by atoms with E-state index in [4.69, 9.17) is 27.9 Å². The number of likely N-dealkylation sites (tertiary alicyclic amines) is 1. The maximum atomic E-state index is 14.2. The SMILES string of the molecule is O=C(O)c1cc(C2CC2)c(CN2CCC(Oc3cc(Cl)cc(Cl)c3)CC2)cc1F. The fraction of sp³-hybridized carbons (Fsp3) is 0.409. The number of carbonyl (C=O) groups is 1. The van der Waals surface area contributed by atoms with Gasteiger partial charge in [-0.1, -0.05) is 23.2 Å². The average Bonchev–Trinajstić information content (AvgIpc) is 3.47. The van der Waals surface area contributed by atoms with Crippen LogP contribution in [0.4, 0.5) is 4.39 Å². The van der Waals surface area contributed by atoms with Crippen LogP contribution in [0.25, 0.3) is 0 Å². The third-order valence-corrected chi connectivity index (χ3v) is 5.98. The summed E-state index contributed by atoms with van der Waals surface area (Å²) in [6.45, 7) is 2.27. The van der Waals surface area contributed by atoms with E-state index in [1.54, 1.807) is 18.2 Å². The second-order valence-corrected chi connectivity index (χ2v) is 8.68. The highest BCUT2D eigenvalue weighted by atomic mass is 35.5. The van der Waals surface area contributed by atoms with Gasteiger partial charge in [-0.15, -0.1) is 0 Å². The third kappa shape index (κ3) is 5.03. The largest absolute Gasteiger partial charge is 0.490 e. The molecule has 0 aromatic heterocycles. The fourth-order valence-electron chi connectivity index (χ4n) is 3.92. The minimum absolute atomic E-state index is 0.0785. The highest BCUT2D eigenvalue weighted by molar-refractivity contribution is 6.34. The highest BCUT2D eigenvalue weighted by Crippen LogP contribution is 2.43. The predicted octanol–water partition coefficient (Wildman–Crippen LogP) is 5.75. The van der Waals surface area contributed by atoms with Crippen molar-refractivity contribution in [3.63, 3.8) is 0 Å². The Bertz CT molecular complexity index is 904. The monoisotopic (exact) mass is 437 g/mol. The maximum absolute atomic E-state index is 14.2. The van der Waals surface area contributed by atoms with Crippen molar-refractivity contribution >= 4 is 29.2 Å². The molecule has 0 amide bonds. The summed E-state index contributed by atoms with van der Waals surface area (Å²) in [4.78, 5) is 13.5. The number of ether oxygens (including phenoxy) is 1. The lowest BCUT2D eigenvalue weighted by molar-refractivity contribution is 0.0691. The van der Waals surface area contributed by atoms with Gasteiger partial charge in [0.25, 0.3) is 0 Å². The Morgan fingerprint density at radius 3 is 2.31 bits per heavy atom. The molecule has 2 aromatic carbocycles. The molecule has 154 valence electrons. The lowest BCUT2D eigenvalue weighted by Gasteiger charge is -2.32. The number of carboxylic acids is 1. The van der Waals surface area contributed by atoms with E-state index in [-0.39, 0.29) is 11.7 Å². The molecule has 0 spiro atoms. The molecule has 0 radical (unpaired) electrons. The topological polar surface area (TPSA) is 49.8 Å². The van der Waals surface area contributed by atoms with Crippen LogP contribution in [0.3, 0.4) is 0 Å². The highest BCUT2D eigenvalue weighted by Gasteiger charge is 2.30. The van der Waals surface area contributed by atoms with Gasteiger partial charge in [-0.25, -0.2) is 9.18 Å². The van der Waals surface area contributed by atoms with Gasteiger partial charge in [-0.2, -0.15) is 0 Å². The number of rotatable bonds is 6. The summed E-state index contributed by atoms with van der Waals surface area (Å²) in [6.07, 6.45) is 3.85. The zero-order valence-electron chi connectivity index (χ0n) is 15.8. The van der Waals surface area contributed by atoms with Crippen molar-refractivity contribution in [2.24, 2.45) is 0 Å². The molecule has 1 saturated carbocycles. The van der Waals surface area contributed by atoms with Gasteiger partial charge in [0, 0.05) is 29.7 Å². The first-order valence-corrected chi connectivity index (χ1v) is 10.6. The van der Waals surface area contributed by atoms with Crippen molar-refractivity contribution in [3.05, 3.63) is 62.9 Å². The first-order chi connectivity index (χ1) is 13.9. The summed E-state index contributed by atoms with van der Waals surface area (Å²) in [5, 5.41) is 10.3. The molecule has 0 atom stereocenters. The van der Waals surface area contributed by atoms with Gasteiger partial charge in [0.2, 0.25) is 0 Å². The Kier molecular flexibility index (Phi) is 6.00. The predicted molar refractivity (Wildman–Crippen MR) is 111 cm³/mol. The molecule has 1 saturated heterocycles. The summed E-state index contributed by atoms with van der Waals surface area (Å²) < 4.78 is 20.3. The molecule has 4 rings (SSSR count). The molecule has 1 aliphatic heterocycles. The first kappa shape index (κ1) is 20.5. The lowest BCUT2D eigenvalue weighted by atomic mass is 9.98. The molecule has 29 heavy (non-hydrogen) atoms. The molecule has 2 aliphatic rings. The van der Waals surface area contributed by atoms with Crippen molar-refractivity contribution in [1.82, 2.24) is 4.90 Å². The van der Waals surface area contributed by atoms with Gasteiger partial charge in [0.15, 0.2) is 0 Å². The van der Waals surface area contributed by atoms with Crippen LogP contribution in [0.5, 0.6) is 5.75 Å². The lowest BCUT2D eigenvalue weighted by Crippen LogP contribution is -2.38. The number of carboxylic acid groups (broad SMARTS) is 1. The van der Waals surface area contributed by atoms with Crippen LogP contribution in [-0.4, -0.2) is 35.2 Å². The van der Waals surface area contributed by atoms with Crippen molar-refractivity contribution in [3.8, 4) is 5.75 Å². The van der Waals surface area contributed by atoms with E-state index >= 15 is 0 Å². The summed E-state index contributed by atoms with van der Waals surface area (Å²) in [5.74, 6) is -0.844. The summed E-state index contributed by atoms with van der Waals surface area (Å²) in [6, 6.07) is 8.13. The molecule has 2 aromatic rings. The van der Waals surface area contributed by atoms with E-state index in [0.29, 0.717) is 28.3 Å². The molecule has 2 fully saturated rings. The van der Waals surface area contributed by atoms with Crippen LogP contribution in [-0.2, 0) is 6.54 Å². The molecule has 1 aliphatic carbocycles. The Hall–Kier alpha value is -1.82. The van der Waals surface area contributed by atoms with Crippen LogP contribution in [0.2, 0.25) is 10.0 Å². The van der Waals surface area contributed by atoms with E-state index in [1.807, 2.05) is 0 Å². The van der Waals surface area contributed by atoms with Gasteiger partial charge in [0.1, 0.15) is 17.7 Å². The molecule has 4 nitrogen and oxygen atoms in total. The van der Waals surface area contributed by atoms with Gasteiger partial charge in [0.05, 0.1) is 5.56 Å². The summed E-state index contributed by atoms with van der Waals surface area (Å²) in [7, 11) is 0. The zero-order valence-corrected chi connectivity index (χ0v) is 17.3. The third-order valence-electron chi connectivity index (χ3n) is 5.54. The number of piperidine rings is 1. The number of hydrogen-bond acceptors (Lipinski definition) is 3. The molecule has 7 heteroatoms. The second-order valence-electron chi connectivity index (χ2n) is 7.81. The molecular weight excluding hydrogens is 416 g/mol. The minimum atomic E-state index is -1.21. The number of halogens is 3. The molecule has 1 heterocycles. The van der Waals surface area contributed by atoms with E-state index in [1.165, 1.54) is 12.1 Å². The van der Waals surface area contributed by atoms with Crippen LogP contribution >= 0.6 is 23.2 Å². The van der Waals surface area contributed by atoms with E-state index in [2.05, 4.69) is 4.90 Å². The average molecular weight is 438 g/mol. The van der Waals surface area contributed by atoms with Gasteiger partial charge in [-0.05, 0) is 73.1 Å². The van der Waals surface area contributed by atoms with Gasteiger partial charge in [-0.3, -0.25) is 4.90 Å². The second kappa shape index (κ2) is 8.50. The number of benzene rings is 2. The number of hydrogen-bond donors (Lipinski definition) is 1. The normalized spacial score (nSPS) is 18.0. The quantitative estimate of drug-likeness (QED) is 0.624. The number of nitrogens with zero attached hydrogens (tertiary/aromatic N) is 1. The van der Waals surface area contributed by atoms with Gasteiger partial charge >= 0.3 is 5.97 Å². The van der Waals surface area contributed by atoms with Crippen molar-refractivity contribution in [1.29, 1.82) is 0 Å². The van der Waals surface area contributed by atoms with E-state index in [0.717, 1.165) is 49.9 Å². The summed E-state index contributed by atoms with van der Waals surface area (Å²) >= 11 is 12.1.